The maximum atomic E-state index is 3.21. The average Bonchev–Trinajstić information content (AvgIpc) is 2.33. The maximum absolute atomic E-state index is 3.21. The fraction of sp³-hybridized carbons (Fsp3) is 0.143. The Morgan fingerprint density at radius 1 is 0.875 bits per heavy atom. The third kappa shape index (κ3) is 2.39. The summed E-state index contributed by atoms with van der Waals surface area (Å²) in [4.78, 5) is 2.57. The van der Waals surface area contributed by atoms with Crippen molar-refractivity contribution in [2.24, 2.45) is 0 Å². The first-order valence-electron chi connectivity index (χ1n) is 5.31. The molecular weight excluding hydrogens is 214 g/mol. The average molecular weight is 229 g/mol. The lowest BCUT2D eigenvalue weighted by molar-refractivity contribution is 1.29. The molecule has 0 saturated carbocycles. The molecule has 0 aliphatic carbocycles. The first-order chi connectivity index (χ1) is 7.81. The Morgan fingerprint density at radius 2 is 1.50 bits per heavy atom. The summed E-state index contributed by atoms with van der Waals surface area (Å²) in [6, 6.07) is 16.8. The van der Waals surface area contributed by atoms with Crippen molar-refractivity contribution in [1.82, 2.24) is 0 Å². The summed E-state index contributed by atoms with van der Waals surface area (Å²) in [7, 11) is 1.96. The van der Waals surface area contributed by atoms with Gasteiger partial charge in [0.25, 0.3) is 0 Å². The van der Waals surface area contributed by atoms with Gasteiger partial charge in [-0.3, -0.25) is 0 Å². The van der Waals surface area contributed by atoms with E-state index < -0.39 is 0 Å². The molecule has 2 heteroatoms. The van der Waals surface area contributed by atoms with Crippen LogP contribution in [0.1, 0.15) is 5.56 Å². The minimum Gasteiger partial charge on any atom is -0.387 e. The van der Waals surface area contributed by atoms with Gasteiger partial charge in [-0.1, -0.05) is 42.1 Å². The van der Waals surface area contributed by atoms with Gasteiger partial charge in [-0.15, -0.1) is 0 Å². The molecule has 2 aromatic carbocycles. The quantitative estimate of drug-likeness (QED) is 0.847. The molecule has 0 spiro atoms. The Hall–Kier alpha value is -1.41. The largest absolute Gasteiger partial charge is 0.387 e. The third-order valence-electron chi connectivity index (χ3n) is 2.47. The molecule has 2 aromatic rings. The van der Waals surface area contributed by atoms with E-state index in [1.54, 1.807) is 11.8 Å². The van der Waals surface area contributed by atoms with E-state index in [4.69, 9.17) is 0 Å². The minimum absolute atomic E-state index is 1.18. The van der Waals surface area contributed by atoms with Crippen LogP contribution in [0, 0.1) is 6.92 Å². The SMILES string of the molecule is CNc1ccccc1Sc1ccccc1C. The molecule has 2 rings (SSSR count). The summed E-state index contributed by atoms with van der Waals surface area (Å²) < 4.78 is 0. The number of rotatable bonds is 3. The lowest BCUT2D eigenvalue weighted by atomic mass is 10.2. The Labute approximate surface area is 101 Å². The summed E-state index contributed by atoms with van der Waals surface area (Å²) in [6.07, 6.45) is 0. The highest BCUT2D eigenvalue weighted by Crippen LogP contribution is 2.34. The van der Waals surface area contributed by atoms with Crippen molar-refractivity contribution in [3.63, 3.8) is 0 Å². The van der Waals surface area contributed by atoms with E-state index >= 15 is 0 Å². The van der Waals surface area contributed by atoms with Crippen LogP contribution in [-0.4, -0.2) is 7.05 Å². The number of aryl methyl sites for hydroxylation is 1. The number of nitrogens with one attached hydrogen (secondary N) is 1. The van der Waals surface area contributed by atoms with Crippen LogP contribution in [0.5, 0.6) is 0 Å². The number of hydrogen-bond acceptors (Lipinski definition) is 2. The second-order valence-corrected chi connectivity index (χ2v) is 4.70. The van der Waals surface area contributed by atoms with Crippen molar-refractivity contribution < 1.29 is 0 Å². The van der Waals surface area contributed by atoms with Crippen molar-refractivity contribution in [3.05, 3.63) is 54.1 Å². The van der Waals surface area contributed by atoms with E-state index in [9.17, 15) is 0 Å². The van der Waals surface area contributed by atoms with Crippen LogP contribution in [0.15, 0.2) is 58.3 Å². The summed E-state index contributed by atoms with van der Waals surface area (Å²) >= 11 is 1.80. The van der Waals surface area contributed by atoms with Gasteiger partial charge >= 0.3 is 0 Å². The molecule has 0 aromatic heterocycles. The number of anilines is 1. The number of benzene rings is 2. The van der Waals surface area contributed by atoms with E-state index in [-0.39, 0.29) is 0 Å². The van der Waals surface area contributed by atoms with Gasteiger partial charge in [0.2, 0.25) is 0 Å². The molecule has 0 heterocycles. The molecule has 1 N–H and O–H groups in total. The van der Waals surface area contributed by atoms with Gasteiger partial charge in [0, 0.05) is 22.5 Å². The molecule has 0 fully saturated rings. The molecule has 16 heavy (non-hydrogen) atoms. The number of hydrogen-bond donors (Lipinski definition) is 1. The zero-order valence-electron chi connectivity index (χ0n) is 9.53. The van der Waals surface area contributed by atoms with Gasteiger partial charge in [0.15, 0.2) is 0 Å². The highest BCUT2D eigenvalue weighted by molar-refractivity contribution is 7.99. The Bertz CT molecular complexity index is 480. The standard InChI is InChI=1S/C14H15NS/c1-11-7-3-5-9-13(11)16-14-10-6-4-8-12(14)15-2/h3-10,15H,1-2H3. The van der Waals surface area contributed by atoms with E-state index in [1.165, 1.54) is 21.0 Å². The molecule has 0 aliphatic heterocycles. The summed E-state index contributed by atoms with van der Waals surface area (Å²) in [6.45, 7) is 2.14. The van der Waals surface area contributed by atoms with Crippen molar-refractivity contribution in [2.45, 2.75) is 16.7 Å². The van der Waals surface area contributed by atoms with E-state index in [0.717, 1.165) is 0 Å². The van der Waals surface area contributed by atoms with Gasteiger partial charge in [0.1, 0.15) is 0 Å². The smallest absolute Gasteiger partial charge is 0.0479 e. The minimum atomic E-state index is 1.18. The van der Waals surface area contributed by atoms with Gasteiger partial charge < -0.3 is 5.32 Å². The normalized spacial score (nSPS) is 10.1. The van der Waals surface area contributed by atoms with Crippen LogP contribution in [0.4, 0.5) is 5.69 Å². The van der Waals surface area contributed by atoms with Gasteiger partial charge in [-0.2, -0.15) is 0 Å². The third-order valence-corrected chi connectivity index (χ3v) is 3.72. The Kier molecular flexibility index (Phi) is 3.52. The Balaban J connectivity index is 2.30. The summed E-state index contributed by atoms with van der Waals surface area (Å²) in [5, 5.41) is 3.21. The molecule has 0 atom stereocenters. The molecule has 82 valence electrons. The zero-order chi connectivity index (χ0) is 11.4. The van der Waals surface area contributed by atoms with Crippen LogP contribution in [-0.2, 0) is 0 Å². The van der Waals surface area contributed by atoms with Crippen molar-refractivity contribution in [2.75, 3.05) is 12.4 Å². The van der Waals surface area contributed by atoms with Gasteiger partial charge in [0.05, 0.1) is 0 Å². The monoisotopic (exact) mass is 229 g/mol. The van der Waals surface area contributed by atoms with Gasteiger partial charge in [-0.05, 0) is 30.7 Å². The predicted octanol–water partition coefficient (Wildman–Crippen LogP) is 4.19. The van der Waals surface area contributed by atoms with Crippen molar-refractivity contribution in [3.8, 4) is 0 Å². The lowest BCUT2D eigenvalue weighted by Crippen LogP contribution is -1.90. The van der Waals surface area contributed by atoms with Crippen LogP contribution in [0.2, 0.25) is 0 Å². The zero-order valence-corrected chi connectivity index (χ0v) is 10.3. The summed E-state index contributed by atoms with van der Waals surface area (Å²) in [5.74, 6) is 0. The summed E-state index contributed by atoms with van der Waals surface area (Å²) in [5.41, 5.74) is 2.49. The highest BCUT2D eigenvalue weighted by atomic mass is 32.2. The first-order valence-corrected chi connectivity index (χ1v) is 6.13. The lowest BCUT2D eigenvalue weighted by Gasteiger charge is -2.09. The van der Waals surface area contributed by atoms with E-state index in [1.807, 2.05) is 13.1 Å². The molecule has 0 bridgehead atoms. The molecule has 0 saturated heterocycles. The van der Waals surface area contributed by atoms with E-state index in [0.29, 0.717) is 0 Å². The molecule has 0 amide bonds. The van der Waals surface area contributed by atoms with Crippen LogP contribution in [0.25, 0.3) is 0 Å². The Morgan fingerprint density at radius 3 is 2.19 bits per heavy atom. The van der Waals surface area contributed by atoms with Crippen molar-refractivity contribution >= 4 is 17.4 Å². The maximum Gasteiger partial charge on any atom is 0.0479 e. The fourth-order valence-electron chi connectivity index (χ4n) is 1.55. The molecule has 0 radical (unpaired) electrons. The fourth-order valence-corrected chi connectivity index (χ4v) is 2.59. The predicted molar refractivity (Wildman–Crippen MR) is 71.3 cm³/mol. The highest BCUT2D eigenvalue weighted by Gasteiger charge is 2.03. The molecule has 0 aliphatic rings. The molecular formula is C14H15NS. The molecule has 0 unspecified atom stereocenters. The number of para-hydroxylation sites is 1. The first kappa shape index (κ1) is 11.1. The second-order valence-electron chi connectivity index (χ2n) is 3.61. The second kappa shape index (κ2) is 5.08. The molecule has 1 nitrogen and oxygen atoms in total. The van der Waals surface area contributed by atoms with Crippen LogP contribution < -0.4 is 5.32 Å². The topological polar surface area (TPSA) is 12.0 Å². The van der Waals surface area contributed by atoms with Gasteiger partial charge in [-0.25, -0.2) is 0 Å². The van der Waals surface area contributed by atoms with Crippen LogP contribution >= 0.6 is 11.8 Å². The van der Waals surface area contributed by atoms with Crippen LogP contribution in [0.3, 0.4) is 0 Å². The van der Waals surface area contributed by atoms with Crippen molar-refractivity contribution in [1.29, 1.82) is 0 Å². The van der Waals surface area contributed by atoms with E-state index in [2.05, 4.69) is 54.7 Å².